The highest BCUT2D eigenvalue weighted by atomic mass is 35.5. The van der Waals surface area contributed by atoms with E-state index in [0.29, 0.717) is 34.9 Å². The van der Waals surface area contributed by atoms with Crippen molar-refractivity contribution >= 4 is 23.4 Å². The van der Waals surface area contributed by atoms with Crippen LogP contribution in [0.3, 0.4) is 0 Å². The number of benzene rings is 1. The molecular weight excluding hydrogens is 376 g/mol. The van der Waals surface area contributed by atoms with Crippen LogP contribution in [0.15, 0.2) is 24.3 Å². The van der Waals surface area contributed by atoms with Gasteiger partial charge in [-0.3, -0.25) is 9.59 Å². The van der Waals surface area contributed by atoms with Gasteiger partial charge in [0, 0.05) is 17.5 Å². The number of hydrogen-bond acceptors (Lipinski definition) is 3. The van der Waals surface area contributed by atoms with Crippen molar-refractivity contribution in [1.82, 2.24) is 5.32 Å². The molecule has 0 aliphatic heterocycles. The van der Waals surface area contributed by atoms with Crippen LogP contribution >= 0.6 is 11.6 Å². The minimum Gasteiger partial charge on any atom is -0.478 e. The van der Waals surface area contributed by atoms with Gasteiger partial charge in [-0.05, 0) is 93.4 Å². The standard InChI is InChI=1S/C22H29ClN2O3/c1-21(2,28-17-5-3-16(23)4-6-17)20(27)25-19-14-7-13-8-15(19)11-22(9-13,10-14)12-18(24)26/h3-6,13-15,19H,7-12H2,1-2H3,(H2,24,26)(H,25,27). The van der Waals surface area contributed by atoms with Crippen molar-refractivity contribution in [1.29, 1.82) is 0 Å². The van der Waals surface area contributed by atoms with Gasteiger partial charge in [-0.15, -0.1) is 0 Å². The number of hydrogen-bond donors (Lipinski definition) is 2. The molecule has 4 bridgehead atoms. The number of halogens is 1. The second kappa shape index (κ2) is 6.94. The molecule has 28 heavy (non-hydrogen) atoms. The molecule has 0 heterocycles. The van der Waals surface area contributed by atoms with E-state index >= 15 is 0 Å². The van der Waals surface area contributed by atoms with E-state index in [1.54, 1.807) is 38.1 Å². The minimum atomic E-state index is -0.979. The highest BCUT2D eigenvalue weighted by Crippen LogP contribution is 2.61. The Hall–Kier alpha value is -1.75. The molecule has 5 rings (SSSR count). The second-order valence-electron chi connectivity index (χ2n) is 9.68. The first-order chi connectivity index (χ1) is 13.2. The summed E-state index contributed by atoms with van der Waals surface area (Å²) in [6.07, 6.45) is 5.87. The van der Waals surface area contributed by atoms with Crippen LogP contribution in [0.5, 0.6) is 5.75 Å². The zero-order valence-corrected chi connectivity index (χ0v) is 17.3. The molecule has 4 saturated carbocycles. The zero-order valence-electron chi connectivity index (χ0n) is 16.5. The van der Waals surface area contributed by atoms with Gasteiger partial charge in [-0.25, -0.2) is 0 Å². The van der Waals surface area contributed by atoms with E-state index in [-0.39, 0.29) is 23.3 Å². The number of primary amides is 1. The summed E-state index contributed by atoms with van der Waals surface area (Å²) in [6.45, 7) is 3.59. The lowest BCUT2D eigenvalue weighted by molar-refractivity contribution is -0.143. The molecule has 3 N–H and O–H groups in total. The lowest BCUT2D eigenvalue weighted by atomic mass is 9.47. The molecule has 1 aromatic rings. The lowest BCUT2D eigenvalue weighted by Gasteiger charge is -2.60. The van der Waals surface area contributed by atoms with Gasteiger partial charge in [-0.2, -0.15) is 0 Å². The third-order valence-electron chi connectivity index (χ3n) is 6.98. The van der Waals surface area contributed by atoms with Gasteiger partial charge in [0.15, 0.2) is 5.60 Å². The zero-order chi connectivity index (χ0) is 20.1. The minimum absolute atomic E-state index is 0.0683. The van der Waals surface area contributed by atoms with Crippen molar-refractivity contribution < 1.29 is 14.3 Å². The number of amides is 2. The molecule has 0 spiro atoms. The molecule has 5 nitrogen and oxygen atoms in total. The van der Waals surface area contributed by atoms with E-state index in [1.807, 2.05) is 0 Å². The van der Waals surface area contributed by atoms with Gasteiger partial charge in [0.05, 0.1) is 0 Å². The summed E-state index contributed by atoms with van der Waals surface area (Å²) >= 11 is 5.92. The Morgan fingerprint density at radius 3 is 2.36 bits per heavy atom. The predicted octanol–water partition coefficient (Wildman–Crippen LogP) is 3.68. The van der Waals surface area contributed by atoms with Crippen molar-refractivity contribution in [2.75, 3.05) is 0 Å². The first kappa shape index (κ1) is 19.6. The molecule has 152 valence electrons. The van der Waals surface area contributed by atoms with E-state index in [4.69, 9.17) is 22.1 Å². The fourth-order valence-corrected chi connectivity index (χ4v) is 6.31. The maximum atomic E-state index is 13.0. The third kappa shape index (κ3) is 3.73. The van der Waals surface area contributed by atoms with Gasteiger partial charge >= 0.3 is 0 Å². The molecule has 4 aliphatic carbocycles. The highest BCUT2D eigenvalue weighted by molar-refractivity contribution is 6.30. The Labute approximate surface area is 171 Å². The Kier molecular flexibility index (Phi) is 4.85. The average Bonchev–Trinajstić information content (AvgIpc) is 2.58. The van der Waals surface area contributed by atoms with Crippen molar-refractivity contribution in [3.8, 4) is 5.75 Å². The second-order valence-corrected chi connectivity index (χ2v) is 10.1. The van der Waals surface area contributed by atoms with E-state index in [2.05, 4.69) is 5.32 Å². The summed E-state index contributed by atoms with van der Waals surface area (Å²) in [6, 6.07) is 7.21. The van der Waals surface area contributed by atoms with E-state index in [0.717, 1.165) is 32.1 Å². The normalized spacial score (nSPS) is 33.5. The number of ether oxygens (including phenoxy) is 1. The largest absolute Gasteiger partial charge is 0.478 e. The van der Waals surface area contributed by atoms with Gasteiger partial charge in [0.2, 0.25) is 5.91 Å². The Morgan fingerprint density at radius 2 is 1.79 bits per heavy atom. The number of nitrogens with two attached hydrogens (primary N) is 1. The molecule has 2 unspecified atom stereocenters. The number of rotatable bonds is 6. The summed E-state index contributed by atoms with van der Waals surface area (Å²) in [5.74, 6) is 1.86. The molecule has 2 amide bonds. The molecular formula is C22H29ClN2O3. The van der Waals surface area contributed by atoms with Crippen LogP contribution in [0.1, 0.15) is 52.4 Å². The predicted molar refractivity (Wildman–Crippen MR) is 108 cm³/mol. The first-order valence-electron chi connectivity index (χ1n) is 10.2. The van der Waals surface area contributed by atoms with Crippen molar-refractivity contribution in [2.24, 2.45) is 28.9 Å². The quantitative estimate of drug-likeness (QED) is 0.758. The van der Waals surface area contributed by atoms with Crippen LogP contribution in [0.25, 0.3) is 0 Å². The highest BCUT2D eigenvalue weighted by Gasteiger charge is 2.56. The summed E-state index contributed by atoms with van der Waals surface area (Å²) < 4.78 is 5.95. The summed E-state index contributed by atoms with van der Waals surface area (Å²) in [5, 5.41) is 3.93. The SMILES string of the molecule is CC(C)(Oc1ccc(Cl)cc1)C(=O)NC1C2CC3CC1CC(CC(N)=O)(C3)C2. The van der Waals surface area contributed by atoms with Crippen LogP contribution in [0.4, 0.5) is 0 Å². The summed E-state index contributed by atoms with van der Waals surface area (Å²) in [5.41, 5.74) is 4.63. The molecule has 6 heteroatoms. The molecule has 0 aromatic heterocycles. The van der Waals surface area contributed by atoms with Gasteiger partial charge < -0.3 is 15.8 Å². The molecule has 0 radical (unpaired) electrons. The van der Waals surface area contributed by atoms with E-state index < -0.39 is 5.60 Å². The van der Waals surface area contributed by atoms with Crippen LogP contribution < -0.4 is 15.8 Å². The summed E-state index contributed by atoms with van der Waals surface area (Å²) in [7, 11) is 0. The average molecular weight is 405 g/mol. The van der Waals surface area contributed by atoms with Crippen LogP contribution in [0, 0.1) is 23.2 Å². The molecule has 4 aliphatic rings. The Morgan fingerprint density at radius 1 is 1.18 bits per heavy atom. The van der Waals surface area contributed by atoms with Crippen LogP contribution in [-0.2, 0) is 9.59 Å². The lowest BCUT2D eigenvalue weighted by Crippen LogP contribution is -2.62. The number of carbonyl (C=O) groups is 2. The fraction of sp³-hybridized carbons (Fsp3) is 0.636. The third-order valence-corrected chi connectivity index (χ3v) is 7.23. The van der Waals surface area contributed by atoms with Crippen molar-refractivity contribution in [2.45, 2.75) is 64.0 Å². The first-order valence-corrected chi connectivity index (χ1v) is 10.6. The molecule has 4 fully saturated rings. The van der Waals surface area contributed by atoms with Gasteiger partial charge in [0.25, 0.3) is 5.91 Å². The number of nitrogens with one attached hydrogen (secondary N) is 1. The Balaban J connectivity index is 1.43. The van der Waals surface area contributed by atoms with E-state index in [9.17, 15) is 9.59 Å². The van der Waals surface area contributed by atoms with Crippen molar-refractivity contribution in [3.63, 3.8) is 0 Å². The monoisotopic (exact) mass is 404 g/mol. The summed E-state index contributed by atoms with van der Waals surface area (Å²) in [4.78, 5) is 24.6. The van der Waals surface area contributed by atoms with Crippen molar-refractivity contribution in [3.05, 3.63) is 29.3 Å². The van der Waals surface area contributed by atoms with Crippen LogP contribution in [-0.4, -0.2) is 23.5 Å². The maximum absolute atomic E-state index is 13.0. The molecule has 0 saturated heterocycles. The van der Waals surface area contributed by atoms with Gasteiger partial charge in [-0.1, -0.05) is 11.6 Å². The molecule has 1 aromatic carbocycles. The topological polar surface area (TPSA) is 81.4 Å². The fourth-order valence-electron chi connectivity index (χ4n) is 6.18. The van der Waals surface area contributed by atoms with Gasteiger partial charge in [0.1, 0.15) is 5.75 Å². The maximum Gasteiger partial charge on any atom is 0.263 e. The van der Waals surface area contributed by atoms with Crippen LogP contribution in [0.2, 0.25) is 5.02 Å². The molecule has 2 atom stereocenters. The Bertz CT molecular complexity index is 760. The smallest absolute Gasteiger partial charge is 0.263 e. The van der Waals surface area contributed by atoms with E-state index in [1.165, 1.54) is 0 Å². The number of carbonyl (C=O) groups excluding carboxylic acids is 2.